The molecule has 0 aromatic carbocycles. The third-order valence-electron chi connectivity index (χ3n) is 5.59. The summed E-state index contributed by atoms with van der Waals surface area (Å²) in [5.41, 5.74) is 6.27. The second-order valence-corrected chi connectivity index (χ2v) is 7.90. The minimum atomic E-state index is -0.608. The van der Waals surface area contributed by atoms with Crippen LogP contribution in [0.15, 0.2) is 0 Å². The Morgan fingerprint density at radius 1 is 1.12 bits per heavy atom. The SMILES string of the molecule is CC(C)(O)CC(N)C12CC3CC(CC(C3)C1)C2. The van der Waals surface area contributed by atoms with Crippen LogP contribution >= 0.6 is 0 Å². The highest BCUT2D eigenvalue weighted by molar-refractivity contribution is 5.06. The maximum atomic E-state index is 10.0. The predicted octanol–water partition coefficient (Wildman–Crippen LogP) is 2.69. The molecule has 17 heavy (non-hydrogen) atoms. The monoisotopic (exact) mass is 237 g/mol. The lowest BCUT2D eigenvalue weighted by molar-refractivity contribution is -0.0801. The zero-order valence-electron chi connectivity index (χ0n) is 11.3. The van der Waals surface area contributed by atoms with E-state index in [0.29, 0.717) is 5.41 Å². The summed E-state index contributed by atoms with van der Waals surface area (Å²) in [5.74, 6) is 2.86. The van der Waals surface area contributed by atoms with Crippen molar-refractivity contribution in [3.8, 4) is 0 Å². The first kappa shape index (κ1) is 12.0. The van der Waals surface area contributed by atoms with Crippen molar-refractivity contribution in [3.63, 3.8) is 0 Å². The van der Waals surface area contributed by atoms with Crippen LogP contribution in [0.4, 0.5) is 0 Å². The average Bonchev–Trinajstić information content (AvgIpc) is 2.12. The minimum Gasteiger partial charge on any atom is -0.390 e. The van der Waals surface area contributed by atoms with Crippen LogP contribution < -0.4 is 5.73 Å². The van der Waals surface area contributed by atoms with E-state index >= 15 is 0 Å². The van der Waals surface area contributed by atoms with Crippen molar-refractivity contribution in [2.75, 3.05) is 0 Å². The van der Waals surface area contributed by atoms with Gasteiger partial charge in [0.1, 0.15) is 0 Å². The molecular weight excluding hydrogens is 210 g/mol. The summed E-state index contributed by atoms with van der Waals surface area (Å²) >= 11 is 0. The van der Waals surface area contributed by atoms with E-state index in [1.807, 2.05) is 13.8 Å². The van der Waals surface area contributed by atoms with E-state index in [1.165, 1.54) is 38.5 Å². The van der Waals surface area contributed by atoms with Gasteiger partial charge >= 0.3 is 0 Å². The van der Waals surface area contributed by atoms with Crippen LogP contribution in [0, 0.1) is 23.2 Å². The Balaban J connectivity index is 1.77. The summed E-state index contributed by atoms with van der Waals surface area (Å²) in [7, 11) is 0. The van der Waals surface area contributed by atoms with Gasteiger partial charge in [0, 0.05) is 6.04 Å². The van der Waals surface area contributed by atoms with Crippen LogP contribution in [0.25, 0.3) is 0 Å². The number of hydrogen-bond donors (Lipinski definition) is 2. The molecule has 4 aliphatic carbocycles. The third-order valence-corrected chi connectivity index (χ3v) is 5.59. The molecule has 4 rings (SSSR count). The van der Waals surface area contributed by atoms with E-state index in [1.54, 1.807) is 0 Å². The van der Waals surface area contributed by atoms with E-state index in [0.717, 1.165) is 24.2 Å². The molecule has 0 heterocycles. The Morgan fingerprint density at radius 2 is 1.53 bits per heavy atom. The van der Waals surface area contributed by atoms with Crippen LogP contribution in [0.2, 0.25) is 0 Å². The van der Waals surface area contributed by atoms with Crippen LogP contribution in [-0.4, -0.2) is 16.7 Å². The fraction of sp³-hybridized carbons (Fsp3) is 1.00. The van der Waals surface area contributed by atoms with Crippen molar-refractivity contribution in [3.05, 3.63) is 0 Å². The molecule has 4 fully saturated rings. The molecule has 0 amide bonds. The molecule has 1 unspecified atom stereocenters. The van der Waals surface area contributed by atoms with Gasteiger partial charge in [0.05, 0.1) is 5.60 Å². The average molecular weight is 237 g/mol. The number of rotatable bonds is 3. The second-order valence-electron chi connectivity index (χ2n) is 7.90. The number of nitrogens with two attached hydrogens (primary N) is 1. The molecule has 2 nitrogen and oxygen atoms in total. The summed E-state index contributed by atoms with van der Waals surface area (Å²) in [6, 6.07) is 0.205. The second kappa shape index (κ2) is 3.71. The Kier molecular flexibility index (Phi) is 2.61. The van der Waals surface area contributed by atoms with Gasteiger partial charge in [-0.15, -0.1) is 0 Å². The Bertz CT molecular complexity index is 269. The first-order chi connectivity index (χ1) is 7.86. The molecule has 1 atom stereocenters. The van der Waals surface area contributed by atoms with Gasteiger partial charge in [-0.05, 0) is 82.0 Å². The highest BCUT2D eigenvalue weighted by atomic mass is 16.3. The molecule has 4 saturated carbocycles. The Morgan fingerprint density at radius 3 is 1.88 bits per heavy atom. The third kappa shape index (κ3) is 2.15. The predicted molar refractivity (Wildman–Crippen MR) is 69.5 cm³/mol. The van der Waals surface area contributed by atoms with E-state index < -0.39 is 5.60 Å². The summed E-state index contributed by atoms with van der Waals surface area (Å²) in [5, 5.41) is 10.0. The van der Waals surface area contributed by atoms with Gasteiger partial charge < -0.3 is 10.8 Å². The van der Waals surface area contributed by atoms with Gasteiger partial charge in [0.15, 0.2) is 0 Å². The van der Waals surface area contributed by atoms with E-state index in [-0.39, 0.29) is 6.04 Å². The lowest BCUT2D eigenvalue weighted by atomic mass is 9.47. The first-order valence-electron chi connectivity index (χ1n) is 7.34. The first-order valence-corrected chi connectivity index (χ1v) is 7.34. The molecule has 0 aromatic rings. The molecule has 4 bridgehead atoms. The Hall–Kier alpha value is -0.0800. The molecule has 0 aromatic heterocycles. The maximum Gasteiger partial charge on any atom is 0.0606 e. The molecule has 2 heteroatoms. The quantitative estimate of drug-likeness (QED) is 0.792. The van der Waals surface area contributed by atoms with Crippen molar-refractivity contribution in [2.45, 2.75) is 70.4 Å². The van der Waals surface area contributed by atoms with Crippen molar-refractivity contribution < 1.29 is 5.11 Å². The largest absolute Gasteiger partial charge is 0.390 e. The molecule has 0 spiro atoms. The summed E-state index contributed by atoms with van der Waals surface area (Å²) < 4.78 is 0. The minimum absolute atomic E-state index is 0.205. The molecule has 0 radical (unpaired) electrons. The standard InChI is InChI=1S/C15H27NO/c1-14(2,17)9-13(16)15-6-10-3-11(7-15)5-12(4-10)8-15/h10-13,17H,3-9,16H2,1-2H3. The Labute approximate surface area is 105 Å². The fourth-order valence-electron chi connectivity index (χ4n) is 5.39. The normalized spacial score (nSPS) is 46.2. The highest BCUT2D eigenvalue weighted by Crippen LogP contribution is 2.61. The van der Waals surface area contributed by atoms with Crippen LogP contribution in [0.5, 0.6) is 0 Å². The lowest BCUT2D eigenvalue weighted by Gasteiger charge is -2.59. The van der Waals surface area contributed by atoms with Gasteiger partial charge in [0.2, 0.25) is 0 Å². The van der Waals surface area contributed by atoms with Crippen molar-refractivity contribution in [1.29, 1.82) is 0 Å². The lowest BCUT2D eigenvalue weighted by Crippen LogP contribution is -2.56. The van der Waals surface area contributed by atoms with Crippen LogP contribution in [-0.2, 0) is 0 Å². The van der Waals surface area contributed by atoms with E-state index in [4.69, 9.17) is 5.73 Å². The van der Waals surface area contributed by atoms with Gasteiger partial charge in [-0.1, -0.05) is 0 Å². The van der Waals surface area contributed by atoms with Gasteiger partial charge in [0.25, 0.3) is 0 Å². The molecule has 3 N–H and O–H groups in total. The number of aliphatic hydroxyl groups is 1. The molecular formula is C15H27NO. The summed E-state index contributed by atoms with van der Waals surface area (Å²) in [6.45, 7) is 3.79. The van der Waals surface area contributed by atoms with E-state index in [2.05, 4.69) is 0 Å². The zero-order chi connectivity index (χ0) is 12.3. The molecule has 4 aliphatic rings. The van der Waals surface area contributed by atoms with E-state index in [9.17, 15) is 5.11 Å². The molecule has 98 valence electrons. The molecule has 0 saturated heterocycles. The zero-order valence-corrected chi connectivity index (χ0v) is 11.3. The van der Waals surface area contributed by atoms with Gasteiger partial charge in [-0.2, -0.15) is 0 Å². The summed E-state index contributed by atoms with van der Waals surface area (Å²) in [4.78, 5) is 0. The van der Waals surface area contributed by atoms with Gasteiger partial charge in [-0.25, -0.2) is 0 Å². The van der Waals surface area contributed by atoms with Crippen molar-refractivity contribution >= 4 is 0 Å². The van der Waals surface area contributed by atoms with Crippen molar-refractivity contribution in [2.24, 2.45) is 28.9 Å². The van der Waals surface area contributed by atoms with Crippen LogP contribution in [0.3, 0.4) is 0 Å². The van der Waals surface area contributed by atoms with Gasteiger partial charge in [-0.3, -0.25) is 0 Å². The number of hydrogen-bond acceptors (Lipinski definition) is 2. The smallest absolute Gasteiger partial charge is 0.0606 e. The topological polar surface area (TPSA) is 46.2 Å². The van der Waals surface area contributed by atoms with Crippen molar-refractivity contribution in [1.82, 2.24) is 0 Å². The van der Waals surface area contributed by atoms with Crippen LogP contribution in [0.1, 0.15) is 58.8 Å². The highest BCUT2D eigenvalue weighted by Gasteiger charge is 2.53. The summed E-state index contributed by atoms with van der Waals surface area (Å²) in [6.07, 6.45) is 9.19. The maximum absolute atomic E-state index is 10.0. The molecule has 0 aliphatic heterocycles. The fourth-order valence-corrected chi connectivity index (χ4v) is 5.39.